The fraction of sp³-hybridized carbons (Fsp3) is 0.333. The SMILES string of the molecule is CC(C)(C)OC(=O)N1c2ccc(C(=O)c3ccccc3)cc2CC1c1nn(C(=O)OC(C)(C)C)c2ccsc12. The Hall–Kier alpha value is -3.98. The Balaban J connectivity index is 1.58. The summed E-state index contributed by atoms with van der Waals surface area (Å²) in [5, 5.41) is 6.55. The van der Waals surface area contributed by atoms with E-state index in [2.05, 4.69) is 5.10 Å². The Labute approximate surface area is 231 Å². The van der Waals surface area contributed by atoms with E-state index in [1.54, 1.807) is 49.9 Å². The van der Waals surface area contributed by atoms with Crippen molar-refractivity contribution in [3.63, 3.8) is 0 Å². The van der Waals surface area contributed by atoms with Crippen LogP contribution in [-0.2, 0) is 15.9 Å². The van der Waals surface area contributed by atoms with E-state index in [4.69, 9.17) is 9.47 Å². The number of amides is 1. The average molecular weight is 546 g/mol. The summed E-state index contributed by atoms with van der Waals surface area (Å²) in [6.07, 6.45) is -0.708. The number of aromatic nitrogens is 2. The molecule has 1 amide bonds. The van der Waals surface area contributed by atoms with Crippen molar-refractivity contribution < 1.29 is 23.9 Å². The van der Waals surface area contributed by atoms with E-state index < -0.39 is 29.4 Å². The second-order valence-corrected chi connectivity index (χ2v) is 12.4. The number of ketones is 1. The molecular formula is C30H31N3O5S. The summed E-state index contributed by atoms with van der Waals surface area (Å²) in [7, 11) is 0. The molecule has 0 saturated carbocycles. The predicted octanol–water partition coefficient (Wildman–Crippen LogP) is 7.15. The summed E-state index contributed by atoms with van der Waals surface area (Å²) in [4.78, 5) is 41.3. The Kier molecular flexibility index (Phi) is 6.58. The van der Waals surface area contributed by atoms with Crippen molar-refractivity contribution in [2.45, 2.75) is 65.2 Å². The third kappa shape index (κ3) is 5.31. The summed E-state index contributed by atoms with van der Waals surface area (Å²) in [6, 6.07) is 15.7. The van der Waals surface area contributed by atoms with Gasteiger partial charge in [-0.05, 0) is 76.8 Å². The monoisotopic (exact) mass is 545 g/mol. The van der Waals surface area contributed by atoms with Crippen molar-refractivity contribution in [1.29, 1.82) is 0 Å². The molecular weight excluding hydrogens is 514 g/mol. The molecule has 0 aliphatic carbocycles. The van der Waals surface area contributed by atoms with E-state index in [-0.39, 0.29) is 5.78 Å². The van der Waals surface area contributed by atoms with Crippen molar-refractivity contribution in [3.8, 4) is 0 Å². The number of anilines is 1. The van der Waals surface area contributed by atoms with Gasteiger partial charge in [0.25, 0.3) is 0 Å². The summed E-state index contributed by atoms with van der Waals surface area (Å²) >= 11 is 1.44. The highest BCUT2D eigenvalue weighted by Gasteiger charge is 2.41. The molecule has 39 heavy (non-hydrogen) atoms. The molecule has 9 heteroatoms. The number of rotatable bonds is 3. The number of fused-ring (bicyclic) bond motifs is 2. The van der Waals surface area contributed by atoms with E-state index in [1.807, 2.05) is 56.5 Å². The number of hydrogen-bond acceptors (Lipinski definition) is 7. The fourth-order valence-electron chi connectivity index (χ4n) is 4.63. The van der Waals surface area contributed by atoms with Gasteiger partial charge in [0.15, 0.2) is 5.78 Å². The Bertz CT molecular complexity index is 1570. The molecule has 0 fully saturated rings. The highest BCUT2D eigenvalue weighted by molar-refractivity contribution is 7.17. The largest absolute Gasteiger partial charge is 0.443 e. The molecule has 5 rings (SSSR count). The quantitative estimate of drug-likeness (QED) is 0.254. The van der Waals surface area contributed by atoms with Gasteiger partial charge in [0.05, 0.1) is 21.9 Å². The molecule has 0 N–H and O–H groups in total. The maximum Gasteiger partial charge on any atom is 0.435 e. The zero-order valence-electron chi connectivity index (χ0n) is 22.8. The number of ether oxygens (including phenoxy) is 2. The standard InChI is InChI=1S/C30H31N3O5S/c1-29(2,3)37-27(35)32-21-13-12-19(25(34)18-10-8-7-9-11-18)16-20(21)17-23(32)24-26-22(14-15-39-26)33(31-24)28(36)38-30(4,5)6/h7-16,23H,17H2,1-6H3. The summed E-state index contributed by atoms with van der Waals surface area (Å²) in [6.45, 7) is 10.8. The van der Waals surface area contributed by atoms with Crippen LogP contribution in [0.15, 0.2) is 60.0 Å². The minimum atomic E-state index is -0.721. The number of benzene rings is 2. The van der Waals surface area contributed by atoms with Gasteiger partial charge in [-0.2, -0.15) is 9.78 Å². The van der Waals surface area contributed by atoms with Crippen LogP contribution in [0.3, 0.4) is 0 Å². The molecule has 0 spiro atoms. The lowest BCUT2D eigenvalue weighted by molar-refractivity contribution is 0.0521. The molecule has 0 saturated heterocycles. The van der Waals surface area contributed by atoms with Gasteiger partial charge in [0.1, 0.15) is 16.9 Å². The molecule has 202 valence electrons. The van der Waals surface area contributed by atoms with Crippen molar-refractivity contribution in [2.24, 2.45) is 0 Å². The topological polar surface area (TPSA) is 90.7 Å². The molecule has 1 aliphatic heterocycles. The van der Waals surface area contributed by atoms with E-state index in [9.17, 15) is 14.4 Å². The van der Waals surface area contributed by atoms with Crippen LogP contribution in [0.5, 0.6) is 0 Å². The van der Waals surface area contributed by atoms with E-state index in [0.29, 0.717) is 34.4 Å². The zero-order valence-corrected chi connectivity index (χ0v) is 23.7. The van der Waals surface area contributed by atoms with Crippen LogP contribution in [0.4, 0.5) is 15.3 Å². The molecule has 1 unspecified atom stereocenters. The van der Waals surface area contributed by atoms with Crippen LogP contribution in [0.2, 0.25) is 0 Å². The second kappa shape index (κ2) is 9.64. The molecule has 0 bridgehead atoms. The first-order valence-corrected chi connectivity index (χ1v) is 13.6. The lowest BCUT2D eigenvalue weighted by atomic mass is 9.99. The highest BCUT2D eigenvalue weighted by atomic mass is 32.1. The van der Waals surface area contributed by atoms with Gasteiger partial charge in [0, 0.05) is 17.5 Å². The van der Waals surface area contributed by atoms with Crippen LogP contribution in [0, 0.1) is 0 Å². The van der Waals surface area contributed by atoms with Crippen LogP contribution >= 0.6 is 11.3 Å². The molecule has 1 aliphatic rings. The predicted molar refractivity (Wildman–Crippen MR) is 151 cm³/mol. The molecule has 0 radical (unpaired) electrons. The van der Waals surface area contributed by atoms with Crippen molar-refractivity contribution in [3.05, 3.63) is 82.4 Å². The maximum absolute atomic E-state index is 13.6. The van der Waals surface area contributed by atoms with Gasteiger partial charge >= 0.3 is 12.2 Å². The van der Waals surface area contributed by atoms with Gasteiger partial charge in [-0.25, -0.2) is 9.59 Å². The lowest BCUT2D eigenvalue weighted by Gasteiger charge is -2.28. The maximum atomic E-state index is 13.6. The third-order valence-electron chi connectivity index (χ3n) is 6.15. The second-order valence-electron chi connectivity index (χ2n) is 11.5. The van der Waals surface area contributed by atoms with Crippen LogP contribution in [0.1, 0.15) is 74.8 Å². The number of hydrogen-bond donors (Lipinski definition) is 0. The van der Waals surface area contributed by atoms with Gasteiger partial charge in [-0.1, -0.05) is 30.3 Å². The van der Waals surface area contributed by atoms with Crippen molar-refractivity contribution in [1.82, 2.24) is 9.78 Å². The fourth-order valence-corrected chi connectivity index (χ4v) is 5.54. The first kappa shape index (κ1) is 26.6. The Morgan fingerprint density at radius 2 is 1.54 bits per heavy atom. The minimum absolute atomic E-state index is 0.0967. The molecule has 8 nitrogen and oxygen atoms in total. The van der Waals surface area contributed by atoms with E-state index in [1.165, 1.54) is 16.0 Å². The first-order valence-electron chi connectivity index (χ1n) is 12.8. The van der Waals surface area contributed by atoms with Gasteiger partial charge in [0.2, 0.25) is 0 Å². The zero-order chi connectivity index (χ0) is 28.1. The third-order valence-corrected chi connectivity index (χ3v) is 7.07. The van der Waals surface area contributed by atoms with E-state index >= 15 is 0 Å². The smallest absolute Gasteiger partial charge is 0.435 e. The number of carbonyl (C=O) groups is 3. The molecule has 4 aromatic rings. The van der Waals surface area contributed by atoms with Gasteiger partial charge in [-0.15, -0.1) is 11.3 Å². The highest BCUT2D eigenvalue weighted by Crippen LogP contribution is 2.44. The average Bonchev–Trinajstić information content (AvgIpc) is 3.55. The van der Waals surface area contributed by atoms with Crippen LogP contribution in [-0.4, -0.2) is 39.0 Å². The molecule has 2 aromatic carbocycles. The van der Waals surface area contributed by atoms with Gasteiger partial charge < -0.3 is 9.47 Å². The molecule has 2 aromatic heterocycles. The number of nitrogens with zero attached hydrogens (tertiary/aromatic N) is 3. The first-order chi connectivity index (χ1) is 18.3. The van der Waals surface area contributed by atoms with Crippen molar-refractivity contribution in [2.75, 3.05) is 4.90 Å². The molecule has 1 atom stereocenters. The lowest BCUT2D eigenvalue weighted by Crippen LogP contribution is -2.38. The summed E-state index contributed by atoms with van der Waals surface area (Å²) in [5.41, 5.74) is 2.37. The van der Waals surface area contributed by atoms with Gasteiger partial charge in [-0.3, -0.25) is 9.69 Å². The van der Waals surface area contributed by atoms with Crippen LogP contribution < -0.4 is 4.90 Å². The summed E-state index contributed by atoms with van der Waals surface area (Å²) in [5.74, 6) is -0.0967. The summed E-state index contributed by atoms with van der Waals surface area (Å²) < 4.78 is 13.4. The Morgan fingerprint density at radius 3 is 2.21 bits per heavy atom. The normalized spacial score (nSPS) is 15.3. The van der Waals surface area contributed by atoms with Crippen molar-refractivity contribution >= 4 is 45.2 Å². The number of carbonyl (C=O) groups excluding carboxylic acids is 3. The minimum Gasteiger partial charge on any atom is -0.443 e. The Morgan fingerprint density at radius 1 is 0.872 bits per heavy atom. The number of thiophene rings is 1. The molecule has 3 heterocycles. The van der Waals surface area contributed by atoms with E-state index in [0.717, 1.165) is 10.3 Å². The van der Waals surface area contributed by atoms with Crippen LogP contribution in [0.25, 0.3) is 10.2 Å².